The van der Waals surface area contributed by atoms with Gasteiger partial charge in [0.05, 0.1) is 11.7 Å². The van der Waals surface area contributed by atoms with E-state index in [1.807, 2.05) is 25.1 Å². The molecule has 0 unspecified atom stereocenters. The number of carbonyl (C=O) groups is 2. The Bertz CT molecular complexity index is 610. The van der Waals surface area contributed by atoms with Crippen molar-refractivity contribution < 1.29 is 14.3 Å². The number of carbonyl (C=O) groups excluding carboxylic acids is 2. The van der Waals surface area contributed by atoms with E-state index in [4.69, 9.17) is 4.74 Å². The summed E-state index contributed by atoms with van der Waals surface area (Å²) in [6, 6.07) is 5.62. The summed E-state index contributed by atoms with van der Waals surface area (Å²) in [5, 5.41) is 0.774. The minimum Gasteiger partial charge on any atom is -0.424 e. The Morgan fingerprint density at radius 1 is 1.24 bits per heavy atom. The molecule has 0 N–H and O–H groups in total. The Balaban J connectivity index is 2.75. The van der Waals surface area contributed by atoms with Crippen molar-refractivity contribution in [2.75, 3.05) is 0 Å². The van der Waals surface area contributed by atoms with Crippen LogP contribution in [-0.2, 0) is 4.79 Å². The average molecular weight is 231 g/mol. The molecule has 4 nitrogen and oxygen atoms in total. The molecule has 0 radical (unpaired) electrons. The van der Waals surface area contributed by atoms with Crippen LogP contribution >= 0.6 is 0 Å². The van der Waals surface area contributed by atoms with Crippen molar-refractivity contribution in [3.63, 3.8) is 0 Å². The summed E-state index contributed by atoms with van der Waals surface area (Å²) in [7, 11) is 0. The van der Waals surface area contributed by atoms with Gasteiger partial charge in [0, 0.05) is 19.2 Å². The monoisotopic (exact) mass is 231 g/mol. The van der Waals surface area contributed by atoms with Gasteiger partial charge in [-0.2, -0.15) is 0 Å². The van der Waals surface area contributed by atoms with E-state index in [0.717, 1.165) is 16.5 Å². The Hall–Kier alpha value is -2.10. The van der Waals surface area contributed by atoms with Gasteiger partial charge >= 0.3 is 5.97 Å². The summed E-state index contributed by atoms with van der Waals surface area (Å²) in [4.78, 5) is 22.5. The highest BCUT2D eigenvalue weighted by Crippen LogP contribution is 2.30. The fourth-order valence-corrected chi connectivity index (χ4v) is 1.91. The number of rotatable bonds is 1. The number of esters is 1. The van der Waals surface area contributed by atoms with Gasteiger partial charge in [0.2, 0.25) is 5.91 Å². The molecule has 0 amide bonds. The van der Waals surface area contributed by atoms with Gasteiger partial charge in [-0.15, -0.1) is 0 Å². The molecule has 88 valence electrons. The van der Waals surface area contributed by atoms with Crippen LogP contribution in [-0.4, -0.2) is 16.4 Å². The Kier molecular flexibility index (Phi) is 2.71. The summed E-state index contributed by atoms with van der Waals surface area (Å²) in [5.74, 6) is -0.0804. The zero-order valence-corrected chi connectivity index (χ0v) is 9.98. The molecule has 0 aliphatic rings. The number of hydrogen-bond acceptors (Lipinski definition) is 3. The van der Waals surface area contributed by atoms with E-state index in [9.17, 15) is 9.59 Å². The number of fused-ring (bicyclic) bond motifs is 1. The van der Waals surface area contributed by atoms with Crippen molar-refractivity contribution >= 4 is 22.8 Å². The molecule has 2 rings (SSSR count). The normalized spacial score (nSPS) is 10.5. The average Bonchev–Trinajstić information content (AvgIpc) is 2.58. The molecule has 0 aliphatic carbocycles. The third-order valence-corrected chi connectivity index (χ3v) is 2.58. The standard InChI is InChI=1S/C13H13NO3/c1-8-5-4-6-11-12(17-10(3)16)7-14(9(2)15)13(8)11/h4-7H,1-3H3. The topological polar surface area (TPSA) is 48.3 Å². The molecule has 17 heavy (non-hydrogen) atoms. The van der Waals surface area contributed by atoms with Gasteiger partial charge in [-0.25, -0.2) is 0 Å². The van der Waals surface area contributed by atoms with Crippen LogP contribution in [0.1, 0.15) is 24.2 Å². The van der Waals surface area contributed by atoms with Gasteiger partial charge < -0.3 is 4.74 Å². The highest BCUT2D eigenvalue weighted by atomic mass is 16.5. The summed E-state index contributed by atoms with van der Waals surface area (Å²) in [6.07, 6.45) is 1.56. The second kappa shape index (κ2) is 4.05. The van der Waals surface area contributed by atoms with Gasteiger partial charge in [-0.3, -0.25) is 14.2 Å². The van der Waals surface area contributed by atoms with Crippen LogP contribution in [0, 0.1) is 6.92 Å². The molecule has 0 spiro atoms. The van der Waals surface area contributed by atoms with E-state index in [1.54, 1.807) is 6.20 Å². The van der Waals surface area contributed by atoms with Crippen molar-refractivity contribution in [2.45, 2.75) is 20.8 Å². The molecule has 0 bridgehead atoms. The molecular weight excluding hydrogens is 218 g/mol. The van der Waals surface area contributed by atoms with Gasteiger partial charge in [0.1, 0.15) is 0 Å². The van der Waals surface area contributed by atoms with Gasteiger partial charge in [0.25, 0.3) is 0 Å². The van der Waals surface area contributed by atoms with E-state index in [2.05, 4.69) is 0 Å². The molecular formula is C13H13NO3. The van der Waals surface area contributed by atoms with Crippen LogP contribution in [0.3, 0.4) is 0 Å². The fraction of sp³-hybridized carbons (Fsp3) is 0.231. The highest BCUT2D eigenvalue weighted by Gasteiger charge is 2.14. The number of ether oxygens (including phenoxy) is 1. The smallest absolute Gasteiger partial charge is 0.308 e. The van der Waals surface area contributed by atoms with Gasteiger partial charge in [-0.05, 0) is 18.6 Å². The first-order valence-corrected chi connectivity index (χ1v) is 5.30. The van der Waals surface area contributed by atoms with E-state index in [0.29, 0.717) is 5.75 Å². The van der Waals surface area contributed by atoms with Crippen molar-refractivity contribution in [2.24, 2.45) is 0 Å². The summed E-state index contributed by atoms with van der Waals surface area (Å²) < 4.78 is 6.60. The molecule has 1 aromatic heterocycles. The van der Waals surface area contributed by atoms with Crippen LogP contribution in [0.2, 0.25) is 0 Å². The lowest BCUT2D eigenvalue weighted by Crippen LogP contribution is -2.04. The third kappa shape index (κ3) is 1.93. The molecule has 2 aromatic rings. The maximum absolute atomic E-state index is 11.5. The number of benzene rings is 1. The minimum absolute atomic E-state index is 0.109. The Labute approximate surface area is 98.8 Å². The van der Waals surface area contributed by atoms with Gasteiger partial charge in [0.15, 0.2) is 5.75 Å². The lowest BCUT2D eigenvalue weighted by molar-refractivity contribution is -0.131. The van der Waals surface area contributed by atoms with Crippen molar-refractivity contribution in [1.29, 1.82) is 0 Å². The van der Waals surface area contributed by atoms with E-state index in [-0.39, 0.29) is 5.91 Å². The summed E-state index contributed by atoms with van der Waals surface area (Å²) >= 11 is 0. The first kappa shape index (κ1) is 11.4. The van der Waals surface area contributed by atoms with Crippen molar-refractivity contribution in [1.82, 2.24) is 4.57 Å². The van der Waals surface area contributed by atoms with Crippen LogP contribution in [0.25, 0.3) is 10.9 Å². The maximum Gasteiger partial charge on any atom is 0.308 e. The van der Waals surface area contributed by atoms with Crippen LogP contribution < -0.4 is 4.74 Å². The van der Waals surface area contributed by atoms with Crippen molar-refractivity contribution in [3.05, 3.63) is 30.0 Å². The predicted octanol–water partition coefficient (Wildman–Crippen LogP) is 2.54. The maximum atomic E-state index is 11.5. The molecule has 0 fully saturated rings. The molecule has 1 aromatic carbocycles. The predicted molar refractivity (Wildman–Crippen MR) is 64.3 cm³/mol. The molecule has 4 heteroatoms. The lowest BCUT2D eigenvalue weighted by atomic mass is 10.1. The quantitative estimate of drug-likeness (QED) is 0.708. The zero-order chi connectivity index (χ0) is 12.6. The molecule has 1 heterocycles. The number of hydrogen-bond donors (Lipinski definition) is 0. The largest absolute Gasteiger partial charge is 0.424 e. The van der Waals surface area contributed by atoms with E-state index in [1.165, 1.54) is 18.4 Å². The number of aryl methyl sites for hydroxylation is 1. The highest BCUT2D eigenvalue weighted by molar-refractivity contribution is 5.98. The van der Waals surface area contributed by atoms with Crippen LogP contribution in [0.5, 0.6) is 5.75 Å². The van der Waals surface area contributed by atoms with E-state index >= 15 is 0 Å². The second-order valence-corrected chi connectivity index (χ2v) is 3.95. The van der Waals surface area contributed by atoms with Crippen molar-refractivity contribution in [3.8, 4) is 5.75 Å². The lowest BCUT2D eigenvalue weighted by Gasteiger charge is -2.01. The fourth-order valence-electron chi connectivity index (χ4n) is 1.91. The Morgan fingerprint density at radius 2 is 1.94 bits per heavy atom. The first-order valence-electron chi connectivity index (χ1n) is 5.30. The SMILES string of the molecule is CC(=O)Oc1cn(C(C)=O)c2c(C)cccc12. The minimum atomic E-state index is -0.394. The molecule has 0 atom stereocenters. The molecule has 0 saturated heterocycles. The number of nitrogens with zero attached hydrogens (tertiary/aromatic N) is 1. The third-order valence-electron chi connectivity index (χ3n) is 2.58. The second-order valence-electron chi connectivity index (χ2n) is 3.95. The molecule has 0 saturated carbocycles. The van der Waals surface area contributed by atoms with Crippen LogP contribution in [0.4, 0.5) is 0 Å². The first-order chi connectivity index (χ1) is 8.00. The van der Waals surface area contributed by atoms with Crippen LogP contribution in [0.15, 0.2) is 24.4 Å². The summed E-state index contributed by atoms with van der Waals surface area (Å²) in [5.41, 5.74) is 1.76. The molecule has 0 aliphatic heterocycles. The summed E-state index contributed by atoms with van der Waals surface area (Å²) in [6.45, 7) is 4.73. The van der Waals surface area contributed by atoms with Gasteiger partial charge in [-0.1, -0.05) is 12.1 Å². The zero-order valence-electron chi connectivity index (χ0n) is 9.98. The Morgan fingerprint density at radius 3 is 2.53 bits per heavy atom. The van der Waals surface area contributed by atoms with E-state index < -0.39 is 5.97 Å². The number of aromatic nitrogens is 1. The number of para-hydroxylation sites is 1.